The zero-order valence-corrected chi connectivity index (χ0v) is 12.1. The number of nitrogens with one attached hydrogen (secondary N) is 1. The molecule has 0 saturated heterocycles. The van der Waals surface area contributed by atoms with Crippen molar-refractivity contribution in [3.8, 4) is 11.5 Å². The number of amides is 1. The monoisotopic (exact) mass is 319 g/mol. The van der Waals surface area contributed by atoms with Gasteiger partial charge in [-0.25, -0.2) is 4.39 Å². The van der Waals surface area contributed by atoms with E-state index in [1.54, 1.807) is 24.3 Å². The molecule has 3 rings (SSSR count). The van der Waals surface area contributed by atoms with Crippen LogP contribution in [0.15, 0.2) is 42.5 Å². The van der Waals surface area contributed by atoms with Crippen LogP contribution in [0.5, 0.6) is 11.5 Å². The average Bonchev–Trinajstić information content (AvgIpc) is 2.96. The van der Waals surface area contributed by atoms with Gasteiger partial charge in [0.15, 0.2) is 11.5 Å². The van der Waals surface area contributed by atoms with E-state index in [1.165, 1.54) is 24.3 Å². The number of ether oxygens (including phenoxy) is 2. The van der Waals surface area contributed by atoms with Crippen LogP contribution in [0.4, 0.5) is 10.1 Å². The molecule has 1 aliphatic rings. The first kappa shape index (κ1) is 14.4. The fourth-order valence-electron chi connectivity index (χ4n) is 1.95. The van der Waals surface area contributed by atoms with Gasteiger partial charge in [0.25, 0.3) is 0 Å². The zero-order valence-electron chi connectivity index (χ0n) is 11.3. The number of halogens is 2. The summed E-state index contributed by atoms with van der Waals surface area (Å²) in [4.78, 5) is 11.9. The first-order valence-electron chi connectivity index (χ1n) is 6.45. The van der Waals surface area contributed by atoms with Gasteiger partial charge in [-0.3, -0.25) is 4.79 Å². The second kappa shape index (κ2) is 6.07. The van der Waals surface area contributed by atoms with Crippen LogP contribution in [0.25, 0.3) is 6.08 Å². The number of benzene rings is 2. The van der Waals surface area contributed by atoms with E-state index in [0.29, 0.717) is 22.7 Å². The number of fused-ring (bicyclic) bond motifs is 1. The molecular weight excluding hydrogens is 309 g/mol. The average molecular weight is 320 g/mol. The van der Waals surface area contributed by atoms with Gasteiger partial charge in [-0.05, 0) is 35.9 Å². The molecule has 1 heterocycles. The summed E-state index contributed by atoms with van der Waals surface area (Å²) in [6.07, 6.45) is 2.89. The molecule has 1 amide bonds. The van der Waals surface area contributed by atoms with Crippen LogP contribution in [0.3, 0.4) is 0 Å². The molecule has 0 saturated carbocycles. The van der Waals surface area contributed by atoms with Crippen LogP contribution in [-0.4, -0.2) is 12.7 Å². The summed E-state index contributed by atoms with van der Waals surface area (Å²) in [5.41, 5.74) is 1.23. The summed E-state index contributed by atoms with van der Waals surface area (Å²) < 4.78 is 23.5. The molecule has 0 unspecified atom stereocenters. The SMILES string of the molecule is O=C(/C=C/c1ccc(F)c(Cl)c1)Nc1ccc2c(c1)OCO2. The number of rotatable bonds is 3. The standard InChI is InChI=1S/C16H11ClFNO3/c17-12-7-10(1-4-13(12)18)2-6-16(20)19-11-3-5-14-15(8-11)22-9-21-14/h1-8H,9H2,(H,19,20)/b6-2+. The van der Waals surface area contributed by atoms with Gasteiger partial charge in [0.2, 0.25) is 12.7 Å². The summed E-state index contributed by atoms with van der Waals surface area (Å²) in [5.74, 6) is 0.421. The lowest BCUT2D eigenvalue weighted by Crippen LogP contribution is -2.07. The van der Waals surface area contributed by atoms with Gasteiger partial charge in [0.1, 0.15) is 5.82 Å². The molecule has 112 valence electrons. The topological polar surface area (TPSA) is 47.6 Å². The molecule has 22 heavy (non-hydrogen) atoms. The van der Waals surface area contributed by atoms with Crippen molar-refractivity contribution in [1.82, 2.24) is 0 Å². The molecule has 4 nitrogen and oxygen atoms in total. The minimum Gasteiger partial charge on any atom is -0.454 e. The lowest BCUT2D eigenvalue weighted by Gasteiger charge is -2.03. The Labute approximate surface area is 131 Å². The first-order valence-corrected chi connectivity index (χ1v) is 6.83. The third-order valence-corrected chi connectivity index (χ3v) is 3.30. The normalized spacial score (nSPS) is 12.6. The Bertz CT molecular complexity index is 761. The molecule has 2 aromatic carbocycles. The van der Waals surface area contributed by atoms with E-state index in [4.69, 9.17) is 21.1 Å². The molecule has 6 heteroatoms. The quantitative estimate of drug-likeness (QED) is 0.874. The van der Waals surface area contributed by atoms with Crippen molar-refractivity contribution in [2.45, 2.75) is 0 Å². The van der Waals surface area contributed by atoms with E-state index in [9.17, 15) is 9.18 Å². The van der Waals surface area contributed by atoms with Crippen LogP contribution in [0, 0.1) is 5.82 Å². The molecule has 0 fully saturated rings. The number of carbonyl (C=O) groups excluding carboxylic acids is 1. The van der Waals surface area contributed by atoms with Gasteiger partial charge >= 0.3 is 0 Å². The van der Waals surface area contributed by atoms with E-state index >= 15 is 0 Å². The van der Waals surface area contributed by atoms with Gasteiger partial charge in [-0.15, -0.1) is 0 Å². The maximum Gasteiger partial charge on any atom is 0.248 e. The molecule has 0 aromatic heterocycles. The Hall–Kier alpha value is -2.53. The third kappa shape index (κ3) is 3.20. The minimum absolute atomic E-state index is 0.0123. The van der Waals surface area contributed by atoms with Crippen LogP contribution in [-0.2, 0) is 4.79 Å². The van der Waals surface area contributed by atoms with Crippen LogP contribution >= 0.6 is 11.6 Å². The number of carbonyl (C=O) groups is 1. The number of hydrogen-bond donors (Lipinski definition) is 1. The highest BCUT2D eigenvalue weighted by Gasteiger charge is 2.13. The highest BCUT2D eigenvalue weighted by molar-refractivity contribution is 6.30. The lowest BCUT2D eigenvalue weighted by atomic mass is 10.2. The van der Waals surface area contributed by atoms with Crippen molar-refractivity contribution in [3.63, 3.8) is 0 Å². The van der Waals surface area contributed by atoms with Crippen LogP contribution < -0.4 is 14.8 Å². The smallest absolute Gasteiger partial charge is 0.248 e. The highest BCUT2D eigenvalue weighted by atomic mass is 35.5. The Morgan fingerprint density at radius 1 is 1.18 bits per heavy atom. The summed E-state index contributed by atoms with van der Waals surface area (Å²) >= 11 is 5.68. The molecule has 0 spiro atoms. The van der Waals surface area contributed by atoms with Crippen molar-refractivity contribution in [3.05, 3.63) is 58.9 Å². The lowest BCUT2D eigenvalue weighted by molar-refractivity contribution is -0.111. The molecular formula is C16H11ClFNO3. The molecule has 1 N–H and O–H groups in total. The van der Waals surface area contributed by atoms with E-state index in [0.717, 1.165) is 0 Å². The van der Waals surface area contributed by atoms with Crippen molar-refractivity contribution in [2.75, 3.05) is 12.1 Å². The van der Waals surface area contributed by atoms with Crippen LogP contribution in [0.2, 0.25) is 5.02 Å². The summed E-state index contributed by atoms with van der Waals surface area (Å²) in [7, 11) is 0. The fraction of sp³-hybridized carbons (Fsp3) is 0.0625. The number of hydrogen-bond acceptors (Lipinski definition) is 3. The second-order valence-corrected chi connectivity index (χ2v) is 4.97. The maximum atomic E-state index is 13.0. The van der Waals surface area contributed by atoms with Crippen molar-refractivity contribution < 1.29 is 18.7 Å². The van der Waals surface area contributed by atoms with E-state index in [-0.39, 0.29) is 17.7 Å². The van der Waals surface area contributed by atoms with Gasteiger partial charge in [0, 0.05) is 17.8 Å². The van der Waals surface area contributed by atoms with Gasteiger partial charge in [-0.1, -0.05) is 17.7 Å². The molecule has 0 radical (unpaired) electrons. The fourth-order valence-corrected chi connectivity index (χ4v) is 2.14. The predicted octanol–water partition coefficient (Wildman–Crippen LogP) is 3.86. The van der Waals surface area contributed by atoms with E-state index in [2.05, 4.69) is 5.32 Å². The van der Waals surface area contributed by atoms with Gasteiger partial charge in [-0.2, -0.15) is 0 Å². The van der Waals surface area contributed by atoms with Gasteiger partial charge < -0.3 is 14.8 Å². The predicted molar refractivity (Wildman–Crippen MR) is 81.6 cm³/mol. The second-order valence-electron chi connectivity index (χ2n) is 4.56. The van der Waals surface area contributed by atoms with Crippen molar-refractivity contribution in [1.29, 1.82) is 0 Å². The zero-order chi connectivity index (χ0) is 15.5. The van der Waals surface area contributed by atoms with E-state index < -0.39 is 5.82 Å². The molecule has 0 atom stereocenters. The Balaban J connectivity index is 1.67. The minimum atomic E-state index is -0.497. The molecule has 0 bridgehead atoms. The molecule has 1 aliphatic heterocycles. The summed E-state index contributed by atoms with van der Waals surface area (Å²) in [5, 5.41) is 2.71. The van der Waals surface area contributed by atoms with Gasteiger partial charge in [0.05, 0.1) is 5.02 Å². The summed E-state index contributed by atoms with van der Waals surface area (Å²) in [6, 6.07) is 9.35. The maximum absolute atomic E-state index is 13.0. The Kier molecular flexibility index (Phi) is 3.98. The largest absolute Gasteiger partial charge is 0.454 e. The Morgan fingerprint density at radius 2 is 2.00 bits per heavy atom. The highest BCUT2D eigenvalue weighted by Crippen LogP contribution is 2.34. The molecule has 0 aliphatic carbocycles. The molecule has 2 aromatic rings. The summed E-state index contributed by atoms with van der Waals surface area (Å²) in [6.45, 7) is 0.179. The van der Waals surface area contributed by atoms with Crippen LogP contribution in [0.1, 0.15) is 5.56 Å². The van der Waals surface area contributed by atoms with Crippen molar-refractivity contribution >= 4 is 29.3 Å². The van der Waals surface area contributed by atoms with Crippen molar-refractivity contribution in [2.24, 2.45) is 0 Å². The number of anilines is 1. The third-order valence-electron chi connectivity index (χ3n) is 3.01. The first-order chi connectivity index (χ1) is 10.6. The van der Waals surface area contributed by atoms with E-state index in [1.807, 2.05) is 0 Å². The Morgan fingerprint density at radius 3 is 2.82 bits per heavy atom.